The van der Waals surface area contributed by atoms with Crippen molar-refractivity contribution in [2.45, 2.75) is 26.3 Å². The fourth-order valence-electron chi connectivity index (χ4n) is 3.05. The van der Waals surface area contributed by atoms with E-state index < -0.39 is 12.0 Å². The van der Waals surface area contributed by atoms with Gasteiger partial charge in [-0.15, -0.1) is 0 Å². The molecule has 0 spiro atoms. The van der Waals surface area contributed by atoms with Crippen molar-refractivity contribution in [3.63, 3.8) is 0 Å². The summed E-state index contributed by atoms with van der Waals surface area (Å²) in [5, 5.41) is 12.2. The van der Waals surface area contributed by atoms with Crippen LogP contribution in [0.2, 0.25) is 0 Å². The van der Waals surface area contributed by atoms with E-state index in [-0.39, 0.29) is 24.1 Å². The Morgan fingerprint density at radius 2 is 1.81 bits per heavy atom. The number of carbonyl (C=O) groups is 2. The van der Waals surface area contributed by atoms with Gasteiger partial charge in [-0.3, -0.25) is 9.69 Å². The van der Waals surface area contributed by atoms with Gasteiger partial charge in [0.25, 0.3) is 0 Å². The first-order valence-corrected chi connectivity index (χ1v) is 9.08. The summed E-state index contributed by atoms with van der Waals surface area (Å²) in [6, 6.07) is 6.54. The fourth-order valence-corrected chi connectivity index (χ4v) is 3.05. The maximum absolute atomic E-state index is 12.3. The van der Waals surface area contributed by atoms with Crippen LogP contribution in [0.25, 0.3) is 0 Å². The summed E-state index contributed by atoms with van der Waals surface area (Å²) in [5.74, 6) is -0.271. The molecular formula is C19H29N3O4. The molecule has 2 rings (SSSR count). The molecule has 1 fully saturated rings. The highest BCUT2D eigenvalue weighted by Crippen LogP contribution is 2.19. The van der Waals surface area contributed by atoms with E-state index in [9.17, 15) is 14.7 Å². The summed E-state index contributed by atoms with van der Waals surface area (Å²) in [6.45, 7) is 7.33. The predicted octanol–water partition coefficient (Wildman–Crippen LogP) is 1.22. The van der Waals surface area contributed by atoms with Crippen LogP contribution in [0.3, 0.4) is 0 Å². The highest BCUT2D eigenvalue weighted by molar-refractivity contribution is 5.85. The molecule has 0 bridgehead atoms. The molecule has 1 amide bonds. The van der Waals surface area contributed by atoms with Crippen LogP contribution >= 0.6 is 0 Å². The average molecular weight is 363 g/mol. The smallest absolute Gasteiger partial charge is 0.328 e. The molecule has 1 aromatic carbocycles. The molecule has 0 aliphatic carbocycles. The minimum absolute atomic E-state index is 0.0257. The van der Waals surface area contributed by atoms with E-state index in [1.807, 2.05) is 26.0 Å². The number of nitrogens with one attached hydrogen (secondary N) is 1. The number of phenolic OH excluding ortho intramolecular Hbond substituents is 1. The zero-order valence-corrected chi connectivity index (χ0v) is 15.8. The molecule has 7 nitrogen and oxygen atoms in total. The van der Waals surface area contributed by atoms with Gasteiger partial charge in [0.05, 0.1) is 13.7 Å². The number of benzene rings is 1. The lowest BCUT2D eigenvalue weighted by Crippen LogP contribution is -2.52. The van der Waals surface area contributed by atoms with Gasteiger partial charge in [-0.2, -0.15) is 0 Å². The largest absolute Gasteiger partial charge is 0.508 e. The number of piperazine rings is 1. The number of phenols is 1. The number of hydrogen-bond donors (Lipinski definition) is 2. The van der Waals surface area contributed by atoms with Gasteiger partial charge in [0.1, 0.15) is 11.8 Å². The second kappa shape index (κ2) is 9.43. The van der Waals surface area contributed by atoms with Crippen molar-refractivity contribution >= 4 is 17.6 Å². The highest BCUT2D eigenvalue weighted by Gasteiger charge is 2.27. The molecule has 0 aromatic heterocycles. The van der Waals surface area contributed by atoms with E-state index in [1.165, 1.54) is 7.11 Å². The average Bonchev–Trinajstić information content (AvgIpc) is 2.66. The number of ether oxygens (including phenoxy) is 1. The number of anilines is 1. The minimum atomic E-state index is -0.601. The van der Waals surface area contributed by atoms with Crippen molar-refractivity contribution in [3.8, 4) is 5.75 Å². The van der Waals surface area contributed by atoms with Gasteiger partial charge in [0.15, 0.2) is 0 Å². The molecule has 1 aromatic rings. The molecule has 1 saturated heterocycles. The normalized spacial score (nSPS) is 17.4. The lowest BCUT2D eigenvalue weighted by Gasteiger charge is -2.36. The molecule has 0 radical (unpaired) electrons. The summed E-state index contributed by atoms with van der Waals surface area (Å²) in [4.78, 5) is 28.5. The van der Waals surface area contributed by atoms with E-state index in [1.54, 1.807) is 12.1 Å². The molecule has 26 heavy (non-hydrogen) atoms. The summed E-state index contributed by atoms with van der Waals surface area (Å²) >= 11 is 0. The Kier molecular flexibility index (Phi) is 7.26. The van der Waals surface area contributed by atoms with Gasteiger partial charge in [-0.25, -0.2) is 4.79 Å². The Morgan fingerprint density at radius 3 is 2.35 bits per heavy atom. The zero-order valence-electron chi connectivity index (χ0n) is 15.8. The standard InChI is InChI=1S/C19H29N3O4/c1-4-14(2)18(19(25)26-3)20-17(24)13-21-9-11-22(12-10-21)15-5-7-16(23)8-6-15/h5-8,14,18,23H,4,9-13H2,1-3H3,(H,20,24)/t14-,18+/m0/s1. The number of methoxy groups -OCH3 is 1. The second-order valence-corrected chi connectivity index (χ2v) is 6.73. The first-order valence-electron chi connectivity index (χ1n) is 9.08. The van der Waals surface area contributed by atoms with E-state index in [4.69, 9.17) is 4.74 Å². The maximum Gasteiger partial charge on any atom is 0.328 e. The van der Waals surface area contributed by atoms with Gasteiger partial charge in [0, 0.05) is 31.9 Å². The molecule has 2 atom stereocenters. The Labute approximate surface area is 154 Å². The lowest BCUT2D eigenvalue weighted by atomic mass is 9.99. The molecule has 1 aliphatic heterocycles. The summed E-state index contributed by atoms with van der Waals surface area (Å²) in [5.41, 5.74) is 1.06. The summed E-state index contributed by atoms with van der Waals surface area (Å²) < 4.78 is 4.81. The number of rotatable bonds is 7. The Bertz CT molecular complexity index is 597. The lowest BCUT2D eigenvalue weighted by molar-refractivity contribution is -0.146. The molecule has 2 N–H and O–H groups in total. The number of amides is 1. The van der Waals surface area contributed by atoms with Crippen LogP contribution in [0.4, 0.5) is 5.69 Å². The number of hydrogen-bond acceptors (Lipinski definition) is 6. The van der Waals surface area contributed by atoms with Crippen LogP contribution in [0.1, 0.15) is 20.3 Å². The summed E-state index contributed by atoms with van der Waals surface area (Å²) in [7, 11) is 1.34. The van der Waals surface area contributed by atoms with E-state index in [0.717, 1.165) is 38.3 Å². The van der Waals surface area contributed by atoms with Crippen molar-refractivity contribution < 1.29 is 19.4 Å². The quantitative estimate of drug-likeness (QED) is 0.709. The maximum atomic E-state index is 12.3. The van der Waals surface area contributed by atoms with Crippen molar-refractivity contribution in [1.82, 2.24) is 10.2 Å². The van der Waals surface area contributed by atoms with Crippen molar-refractivity contribution in [2.24, 2.45) is 5.92 Å². The fraction of sp³-hybridized carbons (Fsp3) is 0.579. The number of nitrogens with zero attached hydrogens (tertiary/aromatic N) is 2. The van der Waals surface area contributed by atoms with Crippen LogP contribution in [-0.4, -0.2) is 67.8 Å². The van der Waals surface area contributed by atoms with Crippen LogP contribution < -0.4 is 10.2 Å². The van der Waals surface area contributed by atoms with Crippen molar-refractivity contribution in [2.75, 3.05) is 44.7 Å². The molecule has 7 heteroatoms. The molecule has 1 aliphatic rings. The second-order valence-electron chi connectivity index (χ2n) is 6.73. The van der Waals surface area contributed by atoms with Gasteiger partial charge in [-0.1, -0.05) is 20.3 Å². The highest BCUT2D eigenvalue weighted by atomic mass is 16.5. The third-order valence-electron chi connectivity index (χ3n) is 4.94. The third-order valence-corrected chi connectivity index (χ3v) is 4.94. The Balaban J connectivity index is 1.83. The first-order chi connectivity index (χ1) is 12.4. The number of esters is 1. The molecule has 0 unspecified atom stereocenters. The van der Waals surface area contributed by atoms with Gasteiger partial charge in [0.2, 0.25) is 5.91 Å². The predicted molar refractivity (Wildman–Crippen MR) is 100 cm³/mol. The van der Waals surface area contributed by atoms with Crippen LogP contribution in [0.5, 0.6) is 5.75 Å². The SMILES string of the molecule is CC[C@H](C)[C@@H](NC(=O)CN1CCN(c2ccc(O)cc2)CC1)C(=O)OC. The van der Waals surface area contributed by atoms with E-state index >= 15 is 0 Å². The number of carbonyl (C=O) groups excluding carboxylic acids is 2. The molecule has 0 saturated carbocycles. The zero-order chi connectivity index (χ0) is 19.1. The summed E-state index contributed by atoms with van der Waals surface area (Å²) in [6.07, 6.45) is 0.783. The van der Waals surface area contributed by atoms with Crippen LogP contribution in [0.15, 0.2) is 24.3 Å². The molecule has 144 valence electrons. The third kappa shape index (κ3) is 5.36. The molecular weight excluding hydrogens is 334 g/mol. The van der Waals surface area contributed by atoms with Crippen LogP contribution in [0, 0.1) is 5.92 Å². The van der Waals surface area contributed by atoms with Gasteiger partial charge >= 0.3 is 5.97 Å². The van der Waals surface area contributed by atoms with Crippen molar-refractivity contribution in [1.29, 1.82) is 0 Å². The topological polar surface area (TPSA) is 82.1 Å². The first kappa shape index (κ1) is 20.0. The number of aromatic hydroxyl groups is 1. The Morgan fingerprint density at radius 1 is 1.19 bits per heavy atom. The van der Waals surface area contributed by atoms with Crippen molar-refractivity contribution in [3.05, 3.63) is 24.3 Å². The van der Waals surface area contributed by atoms with Crippen LogP contribution in [-0.2, 0) is 14.3 Å². The Hall–Kier alpha value is -2.28. The van der Waals surface area contributed by atoms with Gasteiger partial charge < -0.3 is 20.1 Å². The monoisotopic (exact) mass is 363 g/mol. The minimum Gasteiger partial charge on any atom is -0.508 e. The van der Waals surface area contributed by atoms with Gasteiger partial charge in [-0.05, 0) is 30.2 Å². The van der Waals surface area contributed by atoms with E-state index in [0.29, 0.717) is 0 Å². The molecule has 1 heterocycles. The van der Waals surface area contributed by atoms with E-state index in [2.05, 4.69) is 15.1 Å².